The van der Waals surface area contributed by atoms with Gasteiger partial charge in [0.15, 0.2) is 17.4 Å². The molecular formula is C2H10AlCaNO2. The SMILES string of the molecule is NCC(=O)O.[AlH3].[Ca+2].[H-].[H-]. The fourth-order valence-corrected chi connectivity index (χ4v) is 0. The Morgan fingerprint density at radius 2 is 2.00 bits per heavy atom. The van der Waals surface area contributed by atoms with Crippen LogP contribution in [-0.2, 0) is 4.79 Å². The minimum Gasteiger partial charge on any atom is -1.00 e. The van der Waals surface area contributed by atoms with E-state index in [4.69, 9.17) is 5.11 Å². The Hall–Kier alpha value is 1.22. The molecule has 0 radical (unpaired) electrons. The third-order valence-corrected chi connectivity index (χ3v) is 0.175. The van der Waals surface area contributed by atoms with Crippen LogP contribution in [0.2, 0.25) is 0 Å². The van der Waals surface area contributed by atoms with Crippen LogP contribution in [0.4, 0.5) is 0 Å². The molecule has 0 aromatic carbocycles. The van der Waals surface area contributed by atoms with Gasteiger partial charge >= 0.3 is 43.7 Å². The van der Waals surface area contributed by atoms with E-state index in [1.807, 2.05) is 0 Å². The van der Waals surface area contributed by atoms with Crippen LogP contribution < -0.4 is 5.73 Å². The summed E-state index contributed by atoms with van der Waals surface area (Å²) in [6.07, 6.45) is 0. The van der Waals surface area contributed by atoms with Gasteiger partial charge in [0.1, 0.15) is 0 Å². The van der Waals surface area contributed by atoms with Crippen molar-refractivity contribution in [3.05, 3.63) is 0 Å². The average molecular weight is 147 g/mol. The quantitative estimate of drug-likeness (QED) is 0.410. The van der Waals surface area contributed by atoms with Crippen LogP contribution in [0.3, 0.4) is 0 Å². The number of nitrogens with two attached hydrogens (primary N) is 1. The topological polar surface area (TPSA) is 63.3 Å². The molecule has 3 N–H and O–H groups in total. The second kappa shape index (κ2) is 10.3. The summed E-state index contributed by atoms with van der Waals surface area (Å²) in [4.78, 5) is 9.24. The van der Waals surface area contributed by atoms with E-state index in [1.54, 1.807) is 0 Å². The van der Waals surface area contributed by atoms with Crippen molar-refractivity contribution in [3.63, 3.8) is 0 Å². The van der Waals surface area contributed by atoms with Crippen LogP contribution in [0, 0.1) is 0 Å². The summed E-state index contributed by atoms with van der Waals surface area (Å²) in [6, 6.07) is 0. The van der Waals surface area contributed by atoms with Crippen molar-refractivity contribution in [2.45, 2.75) is 0 Å². The monoisotopic (exact) mass is 147 g/mol. The van der Waals surface area contributed by atoms with Gasteiger partial charge in [0, 0.05) is 0 Å². The maximum atomic E-state index is 9.24. The van der Waals surface area contributed by atoms with Crippen LogP contribution in [-0.4, -0.2) is 72.7 Å². The molecule has 0 unspecified atom stereocenters. The van der Waals surface area contributed by atoms with E-state index in [1.165, 1.54) is 0 Å². The van der Waals surface area contributed by atoms with Crippen LogP contribution in [0.15, 0.2) is 0 Å². The van der Waals surface area contributed by atoms with Gasteiger partial charge in [-0.15, -0.1) is 0 Å². The van der Waals surface area contributed by atoms with Crippen molar-refractivity contribution < 1.29 is 12.8 Å². The molecule has 3 nitrogen and oxygen atoms in total. The Morgan fingerprint density at radius 1 is 1.86 bits per heavy atom. The fraction of sp³-hybridized carbons (Fsp3) is 0.500. The average Bonchev–Trinajstić information content (AvgIpc) is 1.38. The predicted octanol–water partition coefficient (Wildman–Crippen LogP) is -2.31. The van der Waals surface area contributed by atoms with Gasteiger partial charge in [-0.25, -0.2) is 0 Å². The molecule has 5 heteroatoms. The number of hydrogen-bond acceptors (Lipinski definition) is 2. The first-order valence-electron chi connectivity index (χ1n) is 1.19. The summed E-state index contributed by atoms with van der Waals surface area (Å²) in [5, 5.41) is 7.60. The van der Waals surface area contributed by atoms with Crippen molar-refractivity contribution in [1.82, 2.24) is 0 Å². The first-order chi connectivity index (χ1) is 2.27. The Morgan fingerprint density at radius 3 is 2.00 bits per heavy atom. The van der Waals surface area contributed by atoms with Crippen molar-refractivity contribution >= 4 is 61.1 Å². The standard InChI is InChI=1S/C2H5NO2.Al.Ca.5H/c3-1-2(4)5;;;;;;;/h1,3H2,(H,4,5);;;;;;;/q;;+2;;;;2*-1. The first-order valence-corrected chi connectivity index (χ1v) is 1.19. The second-order valence-corrected chi connectivity index (χ2v) is 0.598. The number of carboxylic acid groups (broad SMARTS) is 1. The normalized spacial score (nSPS) is 5.29. The van der Waals surface area contributed by atoms with Crippen LogP contribution in [0.1, 0.15) is 2.85 Å². The molecule has 0 rings (SSSR count). The van der Waals surface area contributed by atoms with Crippen molar-refractivity contribution in [3.8, 4) is 0 Å². The van der Waals surface area contributed by atoms with Gasteiger partial charge in [-0.2, -0.15) is 0 Å². The van der Waals surface area contributed by atoms with Gasteiger partial charge in [-0.1, -0.05) is 0 Å². The van der Waals surface area contributed by atoms with E-state index in [0.717, 1.165) is 0 Å². The molecule has 7 heavy (non-hydrogen) atoms. The van der Waals surface area contributed by atoms with E-state index in [2.05, 4.69) is 5.73 Å². The number of carboxylic acids is 1. The van der Waals surface area contributed by atoms with Crippen LogP contribution in [0.25, 0.3) is 0 Å². The van der Waals surface area contributed by atoms with E-state index < -0.39 is 5.97 Å². The maximum Gasteiger partial charge on any atom is 2.00 e. The van der Waals surface area contributed by atoms with Gasteiger partial charge in [0.2, 0.25) is 0 Å². The molecular weight excluding hydrogens is 137 g/mol. The van der Waals surface area contributed by atoms with Gasteiger partial charge in [-0.3, -0.25) is 4.79 Å². The smallest absolute Gasteiger partial charge is 1.00 e. The molecule has 40 valence electrons. The number of rotatable bonds is 1. The largest absolute Gasteiger partial charge is 2.00 e. The van der Waals surface area contributed by atoms with E-state index in [0.29, 0.717) is 0 Å². The molecule has 0 bridgehead atoms. The van der Waals surface area contributed by atoms with E-state index in [9.17, 15) is 4.79 Å². The van der Waals surface area contributed by atoms with Crippen molar-refractivity contribution in [2.75, 3.05) is 6.54 Å². The Balaban J connectivity index is -0.0000000133. The molecule has 0 aliphatic carbocycles. The second-order valence-electron chi connectivity index (χ2n) is 0.598. The minimum atomic E-state index is -0.968. The molecule has 0 aromatic heterocycles. The Kier molecular flexibility index (Phi) is 23.0. The summed E-state index contributed by atoms with van der Waals surface area (Å²) < 4.78 is 0. The zero-order valence-electron chi connectivity index (χ0n) is 5.35. The first kappa shape index (κ1) is 15.7. The summed E-state index contributed by atoms with van der Waals surface area (Å²) in [5.74, 6) is -0.968. The molecule has 0 saturated heterocycles. The summed E-state index contributed by atoms with van der Waals surface area (Å²) in [7, 11) is 0. The van der Waals surface area contributed by atoms with Crippen LogP contribution >= 0.6 is 0 Å². The summed E-state index contributed by atoms with van der Waals surface area (Å²) >= 11 is 0. The maximum absolute atomic E-state index is 9.24. The molecule has 0 amide bonds. The van der Waals surface area contributed by atoms with E-state index >= 15 is 0 Å². The molecule has 0 fully saturated rings. The minimum absolute atomic E-state index is 0. The molecule has 0 aliphatic heterocycles. The van der Waals surface area contributed by atoms with Gasteiger partial charge in [-0.05, 0) is 0 Å². The Bertz CT molecular complexity index is 57.8. The predicted molar refractivity (Wildman–Crippen MR) is 34.6 cm³/mol. The van der Waals surface area contributed by atoms with Gasteiger partial charge in [0.25, 0.3) is 0 Å². The summed E-state index contributed by atoms with van der Waals surface area (Å²) in [5.41, 5.74) is 4.57. The van der Waals surface area contributed by atoms with Gasteiger partial charge in [0.05, 0.1) is 6.54 Å². The Labute approximate surface area is 85.4 Å². The zero-order chi connectivity index (χ0) is 4.28. The van der Waals surface area contributed by atoms with E-state index in [-0.39, 0.29) is 64.5 Å². The van der Waals surface area contributed by atoms with Crippen LogP contribution in [0.5, 0.6) is 0 Å². The molecule has 0 atom stereocenters. The van der Waals surface area contributed by atoms with Crippen molar-refractivity contribution in [2.24, 2.45) is 5.73 Å². The molecule has 0 spiro atoms. The van der Waals surface area contributed by atoms with Gasteiger partial charge < -0.3 is 13.7 Å². The molecule has 0 aliphatic rings. The summed E-state index contributed by atoms with van der Waals surface area (Å²) in [6.45, 7) is -0.278. The zero-order valence-corrected chi connectivity index (χ0v) is 5.56. The third-order valence-electron chi connectivity index (χ3n) is 0.175. The number of hydrogen-bond donors (Lipinski definition) is 2. The molecule has 0 aromatic rings. The number of carbonyl (C=O) groups is 1. The molecule has 0 heterocycles. The molecule has 0 saturated carbocycles. The third kappa shape index (κ3) is 19.0. The fourth-order valence-electron chi connectivity index (χ4n) is 0. The number of aliphatic carboxylic acids is 1. The van der Waals surface area contributed by atoms with Crippen molar-refractivity contribution in [1.29, 1.82) is 0 Å².